The van der Waals surface area contributed by atoms with Gasteiger partial charge in [-0.2, -0.15) is 0 Å². The van der Waals surface area contributed by atoms with Crippen LogP contribution in [0.3, 0.4) is 0 Å². The summed E-state index contributed by atoms with van der Waals surface area (Å²) in [4.78, 5) is 30.2. The van der Waals surface area contributed by atoms with Crippen molar-refractivity contribution in [2.75, 3.05) is 7.11 Å². The van der Waals surface area contributed by atoms with Crippen molar-refractivity contribution in [3.63, 3.8) is 0 Å². The Morgan fingerprint density at radius 3 is 2.50 bits per heavy atom. The van der Waals surface area contributed by atoms with Gasteiger partial charge in [0.25, 0.3) is 0 Å². The number of fused-ring (bicyclic) bond motifs is 1. The molecule has 1 fully saturated rings. The molecule has 1 aromatic carbocycles. The first-order chi connectivity index (χ1) is 11.4. The minimum Gasteiger partial charge on any atom is -0.466 e. The van der Waals surface area contributed by atoms with Crippen LogP contribution in [0.2, 0.25) is 0 Å². The second-order valence-electron chi connectivity index (χ2n) is 7.21. The van der Waals surface area contributed by atoms with E-state index in [1.54, 1.807) is 0 Å². The van der Waals surface area contributed by atoms with Crippen LogP contribution in [-0.2, 0) is 14.3 Å². The number of ether oxygens (including phenoxy) is 1. The van der Waals surface area contributed by atoms with E-state index in [1.165, 1.54) is 7.11 Å². The van der Waals surface area contributed by atoms with Gasteiger partial charge < -0.3 is 4.74 Å². The minimum atomic E-state index is -0.402. The van der Waals surface area contributed by atoms with Crippen molar-refractivity contribution in [1.29, 1.82) is 0 Å². The highest BCUT2D eigenvalue weighted by Crippen LogP contribution is 2.47. The van der Waals surface area contributed by atoms with E-state index < -0.39 is 11.4 Å². The number of benzene rings is 1. The van der Waals surface area contributed by atoms with Gasteiger partial charge in [-0.3, -0.25) is 9.79 Å². The van der Waals surface area contributed by atoms with Gasteiger partial charge in [0, 0.05) is 22.7 Å². The number of methoxy groups -OCH3 is 1. The van der Waals surface area contributed by atoms with Crippen molar-refractivity contribution in [3.05, 3.63) is 47.2 Å². The van der Waals surface area contributed by atoms with Crippen LogP contribution in [0, 0.1) is 11.3 Å². The summed E-state index contributed by atoms with van der Waals surface area (Å²) < 4.78 is 5.00. The molecule has 1 aromatic rings. The molecule has 0 bridgehead atoms. The van der Waals surface area contributed by atoms with Crippen LogP contribution in [0.25, 0.3) is 0 Å². The summed E-state index contributed by atoms with van der Waals surface area (Å²) in [5, 5.41) is 0. The molecule has 3 rings (SSSR count). The monoisotopic (exact) mass is 325 g/mol. The number of carbonyl (C=O) groups is 2. The lowest BCUT2D eigenvalue weighted by molar-refractivity contribution is -0.137. The standard InChI is InChI=1S/C20H23NO3/c1-12-15(19(23)24-4)16(13-8-6-5-7-9-13)17-14(21-12)10-11-20(2,3)18(17)22/h5-9,16-17H,10-11H2,1-4H3/t16-,17?/m0/s1. The zero-order valence-electron chi connectivity index (χ0n) is 14.6. The van der Waals surface area contributed by atoms with Gasteiger partial charge in [0.05, 0.1) is 18.6 Å². The molecule has 2 atom stereocenters. The predicted octanol–water partition coefficient (Wildman–Crippen LogP) is 3.68. The summed E-state index contributed by atoms with van der Waals surface area (Å²) in [5.74, 6) is -0.942. The smallest absolute Gasteiger partial charge is 0.336 e. The number of ketones is 1. The highest BCUT2D eigenvalue weighted by Gasteiger charge is 2.49. The van der Waals surface area contributed by atoms with Crippen LogP contribution in [-0.4, -0.2) is 24.6 Å². The number of rotatable bonds is 2. The van der Waals surface area contributed by atoms with Crippen LogP contribution in [0.5, 0.6) is 0 Å². The Labute approximate surface area is 142 Å². The molecule has 1 saturated carbocycles. The molecule has 1 unspecified atom stereocenters. The van der Waals surface area contributed by atoms with Crippen molar-refractivity contribution in [2.24, 2.45) is 16.3 Å². The molecule has 2 aliphatic rings. The zero-order valence-corrected chi connectivity index (χ0v) is 14.6. The van der Waals surface area contributed by atoms with Crippen LogP contribution in [0.1, 0.15) is 45.1 Å². The summed E-state index contributed by atoms with van der Waals surface area (Å²) in [7, 11) is 1.37. The molecule has 1 aliphatic carbocycles. The Balaban J connectivity index is 2.20. The number of aliphatic imine (C=N–C) groups is 1. The number of esters is 1. The topological polar surface area (TPSA) is 55.7 Å². The molecule has 1 heterocycles. The van der Waals surface area contributed by atoms with Crippen LogP contribution in [0.15, 0.2) is 46.6 Å². The van der Waals surface area contributed by atoms with Gasteiger partial charge in [0.15, 0.2) is 0 Å². The fourth-order valence-corrected chi connectivity index (χ4v) is 3.83. The maximum absolute atomic E-state index is 13.2. The van der Waals surface area contributed by atoms with Crippen molar-refractivity contribution in [1.82, 2.24) is 0 Å². The van der Waals surface area contributed by atoms with Crippen molar-refractivity contribution in [3.8, 4) is 0 Å². The Kier molecular flexibility index (Phi) is 4.16. The fraction of sp³-hybridized carbons (Fsp3) is 0.450. The number of allylic oxidation sites excluding steroid dienone is 1. The van der Waals surface area contributed by atoms with E-state index in [1.807, 2.05) is 51.1 Å². The maximum Gasteiger partial charge on any atom is 0.336 e. The maximum atomic E-state index is 13.2. The molecular weight excluding hydrogens is 302 g/mol. The minimum absolute atomic E-state index is 0.162. The quantitative estimate of drug-likeness (QED) is 0.780. The van der Waals surface area contributed by atoms with E-state index in [-0.39, 0.29) is 17.6 Å². The Hall–Kier alpha value is -2.23. The largest absolute Gasteiger partial charge is 0.466 e. The van der Waals surface area contributed by atoms with Crippen molar-refractivity contribution >= 4 is 17.5 Å². The van der Waals surface area contributed by atoms with E-state index in [0.29, 0.717) is 11.3 Å². The molecule has 0 amide bonds. The van der Waals surface area contributed by atoms with Gasteiger partial charge in [0.2, 0.25) is 0 Å². The average Bonchev–Trinajstić information content (AvgIpc) is 2.57. The van der Waals surface area contributed by atoms with Gasteiger partial charge in [-0.1, -0.05) is 44.2 Å². The first-order valence-electron chi connectivity index (χ1n) is 8.32. The van der Waals surface area contributed by atoms with Gasteiger partial charge in [-0.15, -0.1) is 0 Å². The van der Waals surface area contributed by atoms with Crippen molar-refractivity contribution < 1.29 is 14.3 Å². The van der Waals surface area contributed by atoms with Crippen LogP contribution < -0.4 is 0 Å². The average molecular weight is 325 g/mol. The molecule has 0 N–H and O–H groups in total. The molecule has 24 heavy (non-hydrogen) atoms. The number of nitrogens with zero attached hydrogens (tertiary/aromatic N) is 1. The number of carbonyl (C=O) groups excluding carboxylic acids is 2. The summed E-state index contributed by atoms with van der Waals surface area (Å²) in [6, 6.07) is 9.74. The number of hydrogen-bond donors (Lipinski definition) is 0. The van der Waals surface area contributed by atoms with E-state index in [4.69, 9.17) is 4.74 Å². The lowest BCUT2D eigenvalue weighted by atomic mass is 9.62. The second-order valence-corrected chi connectivity index (χ2v) is 7.21. The van der Waals surface area contributed by atoms with E-state index in [2.05, 4.69) is 4.99 Å². The van der Waals surface area contributed by atoms with Crippen molar-refractivity contribution in [2.45, 2.75) is 39.5 Å². The molecule has 0 spiro atoms. The summed E-state index contributed by atoms with van der Waals surface area (Å²) >= 11 is 0. The lowest BCUT2D eigenvalue weighted by Gasteiger charge is -2.41. The molecule has 126 valence electrons. The van der Waals surface area contributed by atoms with Crippen LogP contribution in [0.4, 0.5) is 0 Å². The highest BCUT2D eigenvalue weighted by molar-refractivity contribution is 6.13. The second kappa shape index (κ2) is 6.00. The summed E-state index contributed by atoms with van der Waals surface area (Å²) in [6.45, 7) is 5.80. The third-order valence-electron chi connectivity index (χ3n) is 5.22. The first-order valence-corrected chi connectivity index (χ1v) is 8.32. The molecule has 4 nitrogen and oxygen atoms in total. The Morgan fingerprint density at radius 2 is 1.88 bits per heavy atom. The SMILES string of the molecule is COC(=O)C1=C(C)N=C2CCC(C)(C)C(=O)C2[C@H]1c1ccccc1. The van der Waals surface area contributed by atoms with Gasteiger partial charge in [-0.05, 0) is 25.3 Å². The number of hydrogen-bond acceptors (Lipinski definition) is 4. The van der Waals surface area contributed by atoms with E-state index in [9.17, 15) is 9.59 Å². The van der Waals surface area contributed by atoms with Gasteiger partial charge in [0.1, 0.15) is 5.78 Å². The molecule has 0 saturated heterocycles. The first kappa shape index (κ1) is 16.6. The van der Waals surface area contributed by atoms with E-state index in [0.717, 1.165) is 24.1 Å². The molecule has 1 aliphatic heterocycles. The normalized spacial score (nSPS) is 25.8. The highest BCUT2D eigenvalue weighted by atomic mass is 16.5. The van der Waals surface area contributed by atoms with Gasteiger partial charge >= 0.3 is 5.97 Å². The molecular formula is C20H23NO3. The molecule has 0 aromatic heterocycles. The third-order valence-corrected chi connectivity index (χ3v) is 5.22. The van der Waals surface area contributed by atoms with E-state index >= 15 is 0 Å². The van der Waals surface area contributed by atoms with Crippen LogP contribution >= 0.6 is 0 Å². The molecule has 4 heteroatoms. The zero-order chi connectivity index (χ0) is 17.5. The Morgan fingerprint density at radius 1 is 1.21 bits per heavy atom. The Bertz CT molecular complexity index is 743. The summed E-state index contributed by atoms with van der Waals surface area (Å²) in [5.41, 5.74) is 2.63. The predicted molar refractivity (Wildman–Crippen MR) is 92.8 cm³/mol. The third kappa shape index (κ3) is 2.60. The summed E-state index contributed by atoms with van der Waals surface area (Å²) in [6.07, 6.45) is 1.59. The lowest BCUT2D eigenvalue weighted by Crippen LogP contribution is -2.46. The number of Topliss-reactive ketones (excluding diaryl/α,β-unsaturated/α-hetero) is 1. The fourth-order valence-electron chi connectivity index (χ4n) is 3.83. The molecule has 0 radical (unpaired) electrons. The van der Waals surface area contributed by atoms with Gasteiger partial charge in [-0.25, -0.2) is 4.79 Å².